The van der Waals surface area contributed by atoms with Gasteiger partial charge < -0.3 is 8.98 Å². The van der Waals surface area contributed by atoms with Crippen LogP contribution in [0.2, 0.25) is 0 Å². The monoisotopic (exact) mass is 741 g/mol. The summed E-state index contributed by atoms with van der Waals surface area (Å²) in [5.41, 5.74) is 11.4. The Labute approximate surface area is 333 Å². The number of para-hydroxylation sites is 2. The van der Waals surface area contributed by atoms with Crippen LogP contribution in [0.15, 0.2) is 192 Å². The molecule has 0 atom stereocenters. The number of aromatic nitrogens is 4. The van der Waals surface area contributed by atoms with Crippen molar-refractivity contribution in [3.63, 3.8) is 0 Å². The lowest BCUT2D eigenvalue weighted by atomic mass is 9.90. The van der Waals surface area contributed by atoms with Gasteiger partial charge in [-0.3, -0.25) is 0 Å². The number of nitriles is 1. The standard InChI is InChI=1S/C52H31N5O/c53-32-33-30-42(34-16-4-1-5-17-34)48(57-44-26-14-12-25-41(44)47-45(57)29-28-39-38-23-13-15-27-46(38)58-49(39)47)43(31-33)37-22-10-11-24-40(37)52-55-50(35-18-6-2-7-19-35)54-51(56-52)36-20-8-3-9-21-36/h1-31H. The summed E-state index contributed by atoms with van der Waals surface area (Å²) in [6.07, 6.45) is 0. The van der Waals surface area contributed by atoms with Gasteiger partial charge in [-0.1, -0.05) is 152 Å². The first-order valence-electron chi connectivity index (χ1n) is 19.2. The second-order valence-corrected chi connectivity index (χ2v) is 14.3. The van der Waals surface area contributed by atoms with Crippen molar-refractivity contribution >= 4 is 43.7 Å². The average molecular weight is 742 g/mol. The van der Waals surface area contributed by atoms with Gasteiger partial charge in [0.25, 0.3) is 0 Å². The lowest BCUT2D eigenvalue weighted by Crippen LogP contribution is -2.04. The van der Waals surface area contributed by atoms with E-state index in [4.69, 9.17) is 19.4 Å². The molecule has 0 unspecified atom stereocenters. The highest BCUT2D eigenvalue weighted by atomic mass is 16.3. The molecule has 0 aliphatic carbocycles. The van der Waals surface area contributed by atoms with Crippen LogP contribution >= 0.6 is 0 Å². The fourth-order valence-electron chi connectivity index (χ4n) is 8.30. The molecule has 0 amide bonds. The predicted octanol–water partition coefficient (Wildman–Crippen LogP) is 13.1. The number of benzene rings is 8. The molecule has 6 nitrogen and oxygen atoms in total. The summed E-state index contributed by atoms with van der Waals surface area (Å²) in [4.78, 5) is 15.3. The number of furan rings is 1. The summed E-state index contributed by atoms with van der Waals surface area (Å²) >= 11 is 0. The molecular weight excluding hydrogens is 711 g/mol. The van der Waals surface area contributed by atoms with Crippen molar-refractivity contribution in [3.8, 4) is 68.2 Å². The first-order chi connectivity index (χ1) is 28.7. The van der Waals surface area contributed by atoms with Crippen LogP contribution in [0.1, 0.15) is 5.56 Å². The number of hydrogen-bond donors (Lipinski definition) is 0. The van der Waals surface area contributed by atoms with Crippen LogP contribution in [0.5, 0.6) is 0 Å². The van der Waals surface area contributed by atoms with Gasteiger partial charge in [-0.15, -0.1) is 0 Å². The van der Waals surface area contributed by atoms with Gasteiger partial charge in [-0.25, -0.2) is 15.0 Å². The molecule has 11 rings (SSSR count). The normalized spacial score (nSPS) is 11.4. The van der Waals surface area contributed by atoms with E-state index in [1.807, 2.05) is 115 Å². The largest absolute Gasteiger partial charge is 0.455 e. The summed E-state index contributed by atoms with van der Waals surface area (Å²) in [5.74, 6) is 1.68. The van der Waals surface area contributed by atoms with Crippen LogP contribution in [-0.4, -0.2) is 19.5 Å². The average Bonchev–Trinajstić information content (AvgIpc) is 3.85. The molecule has 0 aliphatic heterocycles. The fourth-order valence-corrected chi connectivity index (χ4v) is 8.30. The maximum absolute atomic E-state index is 10.6. The molecule has 0 spiro atoms. The van der Waals surface area contributed by atoms with Gasteiger partial charge in [-0.05, 0) is 47.5 Å². The molecule has 0 saturated carbocycles. The molecule has 3 aromatic heterocycles. The van der Waals surface area contributed by atoms with Crippen molar-refractivity contribution in [2.24, 2.45) is 0 Å². The third-order valence-electron chi connectivity index (χ3n) is 10.9. The van der Waals surface area contributed by atoms with Crippen molar-refractivity contribution < 1.29 is 4.42 Å². The summed E-state index contributed by atoms with van der Waals surface area (Å²) in [7, 11) is 0. The van der Waals surface area contributed by atoms with Crippen LogP contribution < -0.4 is 0 Å². The van der Waals surface area contributed by atoms with Gasteiger partial charge in [0.1, 0.15) is 11.2 Å². The van der Waals surface area contributed by atoms with Gasteiger partial charge in [-0.2, -0.15) is 5.26 Å². The quantitative estimate of drug-likeness (QED) is 0.169. The van der Waals surface area contributed by atoms with Crippen molar-refractivity contribution in [2.45, 2.75) is 0 Å². The Morgan fingerprint density at radius 3 is 1.67 bits per heavy atom. The fraction of sp³-hybridized carbons (Fsp3) is 0. The van der Waals surface area contributed by atoms with Gasteiger partial charge >= 0.3 is 0 Å². The van der Waals surface area contributed by atoms with Gasteiger partial charge in [0, 0.05) is 44.0 Å². The van der Waals surface area contributed by atoms with E-state index in [0.717, 1.165) is 88.4 Å². The second kappa shape index (κ2) is 13.6. The highest BCUT2D eigenvalue weighted by molar-refractivity contribution is 6.24. The molecule has 0 saturated heterocycles. The maximum atomic E-state index is 10.6. The molecule has 0 bridgehead atoms. The minimum Gasteiger partial charge on any atom is -0.455 e. The molecular formula is C52H31N5O. The van der Waals surface area contributed by atoms with Gasteiger partial charge in [0.2, 0.25) is 0 Å². The topological polar surface area (TPSA) is 80.5 Å². The molecule has 0 radical (unpaired) electrons. The van der Waals surface area contributed by atoms with Crippen LogP contribution in [0.3, 0.4) is 0 Å². The highest BCUT2D eigenvalue weighted by Gasteiger charge is 2.25. The van der Waals surface area contributed by atoms with E-state index in [2.05, 4.69) is 83.4 Å². The van der Waals surface area contributed by atoms with Gasteiger partial charge in [0.05, 0.1) is 33.7 Å². The SMILES string of the molecule is N#Cc1cc(-c2ccccc2)c(-n2c3ccccc3c3c4oc5ccccc5c4ccc32)c(-c2ccccc2-c2nc(-c3ccccc3)nc(-c3ccccc3)n2)c1. The zero-order valence-corrected chi connectivity index (χ0v) is 31.0. The Kier molecular flexibility index (Phi) is 7.76. The zero-order chi connectivity index (χ0) is 38.6. The molecule has 8 aromatic carbocycles. The minimum atomic E-state index is 0.532. The molecule has 58 heavy (non-hydrogen) atoms. The molecule has 3 heterocycles. The number of hydrogen-bond acceptors (Lipinski definition) is 5. The van der Waals surface area contributed by atoms with Crippen LogP contribution in [0.25, 0.3) is 106 Å². The van der Waals surface area contributed by atoms with Gasteiger partial charge in [0.15, 0.2) is 17.5 Å². The van der Waals surface area contributed by atoms with E-state index in [1.165, 1.54) is 0 Å². The third kappa shape index (κ3) is 5.37. The number of rotatable bonds is 6. The van der Waals surface area contributed by atoms with Crippen LogP contribution in [0.4, 0.5) is 0 Å². The second-order valence-electron chi connectivity index (χ2n) is 14.3. The molecule has 0 fully saturated rings. The minimum absolute atomic E-state index is 0.532. The summed E-state index contributed by atoms with van der Waals surface area (Å²) in [6, 6.07) is 66.0. The van der Waals surface area contributed by atoms with Crippen molar-refractivity contribution in [1.82, 2.24) is 19.5 Å². The summed E-state index contributed by atoms with van der Waals surface area (Å²) < 4.78 is 9.02. The van der Waals surface area contributed by atoms with Crippen LogP contribution in [0, 0.1) is 11.3 Å². The molecule has 11 aromatic rings. The number of nitrogens with zero attached hydrogens (tertiary/aromatic N) is 5. The van der Waals surface area contributed by atoms with E-state index < -0.39 is 0 Å². The summed E-state index contributed by atoms with van der Waals surface area (Å²) in [5, 5.41) is 14.9. The van der Waals surface area contributed by atoms with E-state index in [0.29, 0.717) is 23.0 Å². The Hall–Kier alpha value is -8.14. The molecule has 270 valence electrons. The summed E-state index contributed by atoms with van der Waals surface area (Å²) in [6.45, 7) is 0. The lowest BCUT2D eigenvalue weighted by molar-refractivity contribution is 0.673. The Balaban J connectivity index is 1.26. The van der Waals surface area contributed by atoms with E-state index in [1.54, 1.807) is 0 Å². The van der Waals surface area contributed by atoms with E-state index in [9.17, 15) is 5.26 Å². The maximum Gasteiger partial charge on any atom is 0.164 e. The smallest absolute Gasteiger partial charge is 0.164 e. The Bertz CT molecular complexity index is 3340. The van der Waals surface area contributed by atoms with Crippen molar-refractivity contribution in [1.29, 1.82) is 5.26 Å². The highest BCUT2D eigenvalue weighted by Crippen LogP contribution is 2.46. The van der Waals surface area contributed by atoms with Crippen molar-refractivity contribution in [3.05, 3.63) is 194 Å². The van der Waals surface area contributed by atoms with E-state index in [-0.39, 0.29) is 0 Å². The Morgan fingerprint density at radius 1 is 0.431 bits per heavy atom. The predicted molar refractivity (Wildman–Crippen MR) is 233 cm³/mol. The number of fused-ring (bicyclic) bond motifs is 7. The first kappa shape index (κ1) is 33.2. The molecule has 6 heteroatoms. The lowest BCUT2D eigenvalue weighted by Gasteiger charge is -2.21. The first-order valence-corrected chi connectivity index (χ1v) is 19.2. The molecule has 0 N–H and O–H groups in total. The van der Waals surface area contributed by atoms with Crippen molar-refractivity contribution in [2.75, 3.05) is 0 Å². The zero-order valence-electron chi connectivity index (χ0n) is 31.0. The molecule has 0 aliphatic rings. The third-order valence-corrected chi connectivity index (χ3v) is 10.9. The van der Waals surface area contributed by atoms with Crippen LogP contribution in [-0.2, 0) is 0 Å². The Morgan fingerprint density at radius 2 is 0.983 bits per heavy atom. The van der Waals surface area contributed by atoms with E-state index >= 15 is 0 Å².